The summed E-state index contributed by atoms with van der Waals surface area (Å²) < 4.78 is 36.6. The van der Waals surface area contributed by atoms with Crippen LogP contribution in [-0.2, 0) is 9.84 Å². The lowest BCUT2D eigenvalue weighted by Crippen LogP contribution is -2.07. The van der Waals surface area contributed by atoms with E-state index in [1.54, 1.807) is 0 Å². The number of unbranched alkanes of at least 4 members (excludes halogenated alkanes) is 2. The molecule has 0 aromatic heterocycles. The van der Waals surface area contributed by atoms with Crippen LogP contribution in [0.25, 0.3) is 0 Å². The maximum absolute atomic E-state index is 13.0. The third-order valence-corrected chi connectivity index (χ3v) is 4.05. The van der Waals surface area contributed by atoms with E-state index in [0.29, 0.717) is 6.42 Å². The number of benzene rings is 1. The molecular weight excluding hydrogens is 229 g/mol. The zero-order valence-corrected chi connectivity index (χ0v) is 10.1. The lowest BCUT2D eigenvalue weighted by Gasteiger charge is -2.05. The highest BCUT2D eigenvalue weighted by atomic mass is 32.2. The van der Waals surface area contributed by atoms with Crippen molar-refractivity contribution in [2.45, 2.75) is 31.1 Å². The highest BCUT2D eigenvalue weighted by molar-refractivity contribution is 7.91. The summed E-state index contributed by atoms with van der Waals surface area (Å²) in [5.74, 6) is -0.571. The largest absolute Gasteiger partial charge is 0.399 e. The third kappa shape index (κ3) is 3.48. The molecule has 0 fully saturated rings. The minimum Gasteiger partial charge on any atom is -0.399 e. The zero-order valence-electron chi connectivity index (χ0n) is 9.24. The van der Waals surface area contributed by atoms with Gasteiger partial charge in [-0.1, -0.05) is 19.8 Å². The molecule has 2 N–H and O–H groups in total. The minimum absolute atomic E-state index is 0.0268. The van der Waals surface area contributed by atoms with Crippen LogP contribution < -0.4 is 5.73 Å². The fourth-order valence-electron chi connectivity index (χ4n) is 1.42. The molecule has 1 aromatic carbocycles. The molecule has 1 rings (SSSR count). The number of nitrogens with two attached hydrogens (primary N) is 1. The first-order valence-corrected chi connectivity index (χ1v) is 6.90. The molecule has 0 aliphatic heterocycles. The van der Waals surface area contributed by atoms with E-state index in [1.165, 1.54) is 6.07 Å². The van der Waals surface area contributed by atoms with Gasteiger partial charge in [0.1, 0.15) is 5.82 Å². The Morgan fingerprint density at radius 2 is 1.94 bits per heavy atom. The van der Waals surface area contributed by atoms with Crippen LogP contribution in [0.1, 0.15) is 26.2 Å². The summed E-state index contributed by atoms with van der Waals surface area (Å²) in [7, 11) is -3.40. The number of anilines is 1. The van der Waals surface area contributed by atoms with Gasteiger partial charge in [-0.3, -0.25) is 0 Å². The summed E-state index contributed by atoms with van der Waals surface area (Å²) >= 11 is 0. The van der Waals surface area contributed by atoms with Gasteiger partial charge in [0.05, 0.1) is 10.6 Å². The maximum atomic E-state index is 13.0. The van der Waals surface area contributed by atoms with Crippen molar-refractivity contribution < 1.29 is 12.8 Å². The molecule has 90 valence electrons. The third-order valence-electron chi connectivity index (χ3n) is 2.27. The van der Waals surface area contributed by atoms with Crippen LogP contribution in [0, 0.1) is 5.82 Å². The van der Waals surface area contributed by atoms with Crippen LogP contribution in [0.2, 0.25) is 0 Å². The monoisotopic (exact) mass is 245 g/mol. The van der Waals surface area contributed by atoms with Gasteiger partial charge in [0.15, 0.2) is 9.84 Å². The number of nitrogen functional groups attached to an aromatic ring is 1. The first-order valence-electron chi connectivity index (χ1n) is 5.24. The molecule has 0 amide bonds. The second-order valence-corrected chi connectivity index (χ2v) is 5.86. The number of hydrogen-bond acceptors (Lipinski definition) is 3. The molecule has 0 aliphatic rings. The van der Waals surface area contributed by atoms with Crippen molar-refractivity contribution in [3.8, 4) is 0 Å². The first kappa shape index (κ1) is 13.0. The smallest absolute Gasteiger partial charge is 0.178 e. The van der Waals surface area contributed by atoms with E-state index in [1.807, 2.05) is 6.92 Å². The lowest BCUT2D eigenvalue weighted by molar-refractivity contribution is 0.586. The Hall–Kier alpha value is -1.10. The Bertz CT molecular complexity index is 437. The number of halogens is 1. The zero-order chi connectivity index (χ0) is 12.2. The highest BCUT2D eigenvalue weighted by Gasteiger charge is 2.15. The van der Waals surface area contributed by atoms with Crippen molar-refractivity contribution in [1.82, 2.24) is 0 Å². The van der Waals surface area contributed by atoms with Gasteiger partial charge in [-0.05, 0) is 24.6 Å². The Morgan fingerprint density at radius 3 is 2.50 bits per heavy atom. The molecule has 0 heterocycles. The Kier molecular flexibility index (Phi) is 4.29. The first-order chi connectivity index (χ1) is 7.45. The summed E-state index contributed by atoms with van der Waals surface area (Å²) in [5.41, 5.74) is 5.54. The molecule has 0 saturated heterocycles. The van der Waals surface area contributed by atoms with Gasteiger partial charge < -0.3 is 5.73 Å². The van der Waals surface area contributed by atoms with Crippen LogP contribution in [0.4, 0.5) is 10.1 Å². The number of rotatable bonds is 5. The molecular formula is C11H16FNO2S. The molecule has 1 aromatic rings. The van der Waals surface area contributed by atoms with Crippen molar-refractivity contribution >= 4 is 15.5 Å². The van der Waals surface area contributed by atoms with Gasteiger partial charge in [0.2, 0.25) is 0 Å². The predicted molar refractivity (Wildman–Crippen MR) is 62.4 cm³/mol. The Labute approximate surface area is 95.4 Å². The minimum atomic E-state index is -3.40. The quantitative estimate of drug-likeness (QED) is 0.640. The van der Waals surface area contributed by atoms with Crippen molar-refractivity contribution in [3.05, 3.63) is 24.0 Å². The molecule has 3 nitrogen and oxygen atoms in total. The second-order valence-electron chi connectivity index (χ2n) is 3.75. The van der Waals surface area contributed by atoms with E-state index >= 15 is 0 Å². The summed E-state index contributed by atoms with van der Waals surface area (Å²) in [4.78, 5) is -0.0268. The van der Waals surface area contributed by atoms with E-state index in [-0.39, 0.29) is 16.3 Å². The van der Waals surface area contributed by atoms with Gasteiger partial charge in [0.25, 0.3) is 0 Å². The molecule has 0 atom stereocenters. The SMILES string of the molecule is CCCCCS(=O)(=O)c1cc(N)cc(F)c1. The van der Waals surface area contributed by atoms with Crippen LogP contribution in [0.5, 0.6) is 0 Å². The van der Waals surface area contributed by atoms with E-state index in [4.69, 9.17) is 5.73 Å². The molecule has 0 aliphatic carbocycles. The fraction of sp³-hybridized carbons (Fsp3) is 0.455. The van der Waals surface area contributed by atoms with Crippen LogP contribution in [0.3, 0.4) is 0 Å². The van der Waals surface area contributed by atoms with E-state index in [0.717, 1.165) is 25.0 Å². The summed E-state index contributed by atoms with van der Waals surface area (Å²) in [6.45, 7) is 1.99. The second kappa shape index (κ2) is 5.30. The average Bonchev–Trinajstić information content (AvgIpc) is 2.16. The summed E-state index contributed by atoms with van der Waals surface area (Å²) in [5, 5.41) is 0. The molecule has 0 bridgehead atoms. The molecule has 0 unspecified atom stereocenters. The van der Waals surface area contributed by atoms with Crippen LogP contribution in [-0.4, -0.2) is 14.2 Å². The highest BCUT2D eigenvalue weighted by Crippen LogP contribution is 2.18. The van der Waals surface area contributed by atoms with Crippen LogP contribution in [0.15, 0.2) is 23.1 Å². The van der Waals surface area contributed by atoms with Gasteiger partial charge in [-0.25, -0.2) is 12.8 Å². The molecule has 16 heavy (non-hydrogen) atoms. The lowest BCUT2D eigenvalue weighted by atomic mass is 10.3. The van der Waals surface area contributed by atoms with E-state index in [9.17, 15) is 12.8 Å². The van der Waals surface area contributed by atoms with Crippen LogP contribution >= 0.6 is 0 Å². The standard InChI is InChI=1S/C11H16FNO2S/c1-2-3-4-5-16(14,15)11-7-9(12)6-10(13)8-11/h6-8H,2-5,13H2,1H3. The van der Waals surface area contributed by atoms with Crippen molar-refractivity contribution in [2.75, 3.05) is 11.5 Å². The fourth-order valence-corrected chi connectivity index (χ4v) is 2.85. The molecule has 0 spiro atoms. The molecule has 0 radical (unpaired) electrons. The summed E-state index contributed by atoms with van der Waals surface area (Å²) in [6, 6.07) is 3.41. The normalized spacial score (nSPS) is 11.6. The molecule has 0 saturated carbocycles. The Morgan fingerprint density at radius 1 is 1.25 bits per heavy atom. The predicted octanol–water partition coefficient (Wildman–Crippen LogP) is 2.37. The topological polar surface area (TPSA) is 60.2 Å². The van der Waals surface area contributed by atoms with Gasteiger partial charge in [0, 0.05) is 5.69 Å². The average molecular weight is 245 g/mol. The van der Waals surface area contributed by atoms with E-state index < -0.39 is 15.7 Å². The maximum Gasteiger partial charge on any atom is 0.178 e. The number of sulfone groups is 1. The van der Waals surface area contributed by atoms with Crippen molar-refractivity contribution in [2.24, 2.45) is 0 Å². The molecule has 5 heteroatoms. The van der Waals surface area contributed by atoms with Gasteiger partial charge >= 0.3 is 0 Å². The summed E-state index contributed by atoms with van der Waals surface area (Å²) in [6.07, 6.45) is 2.39. The van der Waals surface area contributed by atoms with Crippen molar-refractivity contribution in [1.29, 1.82) is 0 Å². The van der Waals surface area contributed by atoms with Gasteiger partial charge in [-0.2, -0.15) is 0 Å². The van der Waals surface area contributed by atoms with E-state index in [2.05, 4.69) is 0 Å². The van der Waals surface area contributed by atoms with Gasteiger partial charge in [-0.15, -0.1) is 0 Å². The Balaban J connectivity index is 2.89. The van der Waals surface area contributed by atoms with Crippen molar-refractivity contribution in [3.63, 3.8) is 0 Å². The number of hydrogen-bond donors (Lipinski definition) is 1.